The lowest BCUT2D eigenvalue weighted by molar-refractivity contribution is -0.207. The van der Waals surface area contributed by atoms with Gasteiger partial charge in [0.25, 0.3) is 0 Å². The van der Waals surface area contributed by atoms with Gasteiger partial charge in [0.05, 0.1) is 6.54 Å². The van der Waals surface area contributed by atoms with Gasteiger partial charge in [-0.2, -0.15) is 22.0 Å². The molecule has 2 N–H and O–H groups in total. The highest BCUT2D eigenvalue weighted by molar-refractivity contribution is 5.95. The quantitative estimate of drug-likeness (QED) is 0.341. The number of alkyl halides is 5. The molecule has 0 aliphatic carbocycles. The van der Waals surface area contributed by atoms with Gasteiger partial charge < -0.3 is 10.4 Å². The molecular weight excluding hydrogens is 525 g/mol. The van der Waals surface area contributed by atoms with Crippen LogP contribution in [-0.4, -0.2) is 42.4 Å². The number of aromatic nitrogens is 5. The van der Waals surface area contributed by atoms with E-state index in [-0.39, 0.29) is 11.3 Å². The van der Waals surface area contributed by atoms with Crippen molar-refractivity contribution >= 4 is 11.6 Å². The Bertz CT molecular complexity index is 1430. The first-order valence-electron chi connectivity index (χ1n) is 10.5. The van der Waals surface area contributed by atoms with E-state index in [9.17, 15) is 31.9 Å². The first kappa shape index (κ1) is 26.7. The summed E-state index contributed by atoms with van der Waals surface area (Å²) in [6.45, 7) is -1.02. The minimum Gasteiger partial charge on any atom is -0.377 e. The summed E-state index contributed by atoms with van der Waals surface area (Å²) in [5.41, 5.74) is -4.76. The number of amides is 1. The number of halogens is 7. The van der Waals surface area contributed by atoms with E-state index in [4.69, 9.17) is 0 Å². The smallest absolute Gasteiger partial charge is 0.377 e. The van der Waals surface area contributed by atoms with Gasteiger partial charge in [0.2, 0.25) is 0 Å². The van der Waals surface area contributed by atoms with Crippen LogP contribution in [0.25, 0.3) is 11.1 Å². The average Bonchev–Trinajstić information content (AvgIpc) is 3.36. The van der Waals surface area contributed by atoms with E-state index < -0.39 is 53.0 Å². The van der Waals surface area contributed by atoms with E-state index in [1.54, 1.807) is 5.32 Å². The molecule has 1 atom stereocenters. The summed E-state index contributed by atoms with van der Waals surface area (Å²) in [5.74, 6) is -8.91. The van der Waals surface area contributed by atoms with Gasteiger partial charge in [-0.15, -0.1) is 5.10 Å². The van der Waals surface area contributed by atoms with Gasteiger partial charge in [-0.3, -0.25) is 9.78 Å². The summed E-state index contributed by atoms with van der Waals surface area (Å²) in [6.07, 6.45) is -3.16. The molecule has 0 fully saturated rings. The zero-order chi connectivity index (χ0) is 27.7. The lowest BCUT2D eigenvalue weighted by Crippen LogP contribution is -2.48. The van der Waals surface area contributed by atoms with Gasteiger partial charge in [-0.05, 0) is 46.3 Å². The van der Waals surface area contributed by atoms with Crippen molar-refractivity contribution in [3.8, 4) is 11.1 Å². The molecule has 2 aromatic carbocycles. The maximum atomic E-state index is 15.8. The summed E-state index contributed by atoms with van der Waals surface area (Å²) in [6, 6.07) is 8.76. The molecule has 2 aromatic heterocycles. The van der Waals surface area contributed by atoms with Crippen molar-refractivity contribution < 1.29 is 40.6 Å². The highest BCUT2D eigenvalue weighted by Gasteiger charge is 2.58. The van der Waals surface area contributed by atoms with Crippen LogP contribution in [0.3, 0.4) is 0 Å². The topological polar surface area (TPSA) is 106 Å². The van der Waals surface area contributed by atoms with Crippen LogP contribution < -0.4 is 5.32 Å². The number of hydrogen-bond donors (Lipinski definition) is 2. The second-order valence-electron chi connectivity index (χ2n) is 8.03. The number of carbonyl (C=O) groups is 1. The fourth-order valence-corrected chi connectivity index (χ4v) is 3.58. The number of nitrogens with one attached hydrogen (secondary N) is 1. The predicted molar refractivity (Wildman–Crippen MR) is 116 cm³/mol. The van der Waals surface area contributed by atoms with Crippen molar-refractivity contribution in [1.29, 1.82) is 0 Å². The molecule has 15 heteroatoms. The molecule has 38 heavy (non-hydrogen) atoms. The van der Waals surface area contributed by atoms with Crippen LogP contribution in [0, 0.1) is 11.6 Å². The van der Waals surface area contributed by atoms with Gasteiger partial charge in [0, 0.05) is 29.1 Å². The van der Waals surface area contributed by atoms with Crippen molar-refractivity contribution in [3.05, 3.63) is 90.0 Å². The van der Waals surface area contributed by atoms with Crippen molar-refractivity contribution in [2.45, 2.75) is 24.2 Å². The molecule has 4 rings (SSSR count). The zero-order valence-electron chi connectivity index (χ0n) is 18.8. The van der Waals surface area contributed by atoms with Crippen molar-refractivity contribution in [2.24, 2.45) is 0 Å². The molecule has 2 heterocycles. The Morgan fingerprint density at radius 1 is 0.947 bits per heavy atom. The summed E-state index contributed by atoms with van der Waals surface area (Å²) < 4.78 is 97.5. The number of rotatable bonds is 7. The lowest BCUT2D eigenvalue weighted by Gasteiger charge is -2.35. The standard InChI is InChI=1S/C23H15F7N6O2/c24-15-4-7-17(18(25)9-15)21(38,11-36-12-32-34-35-36)22(26,27)19-8-3-14(10-31-19)13-1-5-16(6-2-13)33-20(37)23(28,29)30/h1-10,12,38H,11H2,(H,33,37). The third kappa shape index (κ3) is 5.18. The summed E-state index contributed by atoms with van der Waals surface area (Å²) >= 11 is 0. The molecule has 8 nitrogen and oxygen atoms in total. The van der Waals surface area contributed by atoms with Crippen LogP contribution in [0.1, 0.15) is 11.3 Å². The number of tetrazole rings is 1. The van der Waals surface area contributed by atoms with Gasteiger partial charge >= 0.3 is 18.0 Å². The van der Waals surface area contributed by atoms with E-state index in [2.05, 4.69) is 20.5 Å². The number of anilines is 1. The molecule has 1 unspecified atom stereocenters. The Morgan fingerprint density at radius 3 is 2.18 bits per heavy atom. The Kier molecular flexibility index (Phi) is 6.88. The molecule has 198 valence electrons. The molecule has 0 saturated heterocycles. The molecule has 0 radical (unpaired) electrons. The first-order valence-corrected chi connectivity index (χ1v) is 10.5. The zero-order valence-corrected chi connectivity index (χ0v) is 18.8. The molecule has 0 aliphatic heterocycles. The first-order chi connectivity index (χ1) is 17.8. The SMILES string of the molecule is O=C(Nc1ccc(-c2ccc(C(F)(F)C(O)(Cn3cnnn3)c3ccc(F)cc3F)nc2)cc1)C(F)(F)F. The number of nitrogens with zero attached hydrogens (tertiary/aromatic N) is 5. The molecular formula is C23H15F7N6O2. The summed E-state index contributed by atoms with van der Waals surface area (Å²) in [7, 11) is 0. The van der Waals surface area contributed by atoms with E-state index >= 15 is 8.78 Å². The minimum absolute atomic E-state index is 0.152. The second-order valence-corrected chi connectivity index (χ2v) is 8.03. The Labute approximate surface area is 208 Å². The molecule has 4 aromatic rings. The Hall–Kier alpha value is -4.40. The van der Waals surface area contributed by atoms with E-state index in [0.717, 1.165) is 23.3 Å². The Balaban J connectivity index is 1.65. The third-order valence-corrected chi connectivity index (χ3v) is 5.50. The Morgan fingerprint density at radius 2 is 1.63 bits per heavy atom. The molecule has 0 saturated carbocycles. The highest BCUT2D eigenvalue weighted by atomic mass is 19.4. The predicted octanol–water partition coefficient (Wildman–Crippen LogP) is 4.19. The number of hydrogen-bond acceptors (Lipinski definition) is 6. The molecule has 1 amide bonds. The largest absolute Gasteiger partial charge is 0.471 e. The van der Waals surface area contributed by atoms with Crippen molar-refractivity contribution in [1.82, 2.24) is 25.2 Å². The molecule has 0 spiro atoms. The van der Waals surface area contributed by atoms with Crippen molar-refractivity contribution in [2.75, 3.05) is 5.32 Å². The van der Waals surface area contributed by atoms with Gasteiger partial charge in [0.15, 0.2) is 5.60 Å². The van der Waals surface area contributed by atoms with Crippen LogP contribution in [-0.2, 0) is 22.9 Å². The van der Waals surface area contributed by atoms with Crippen LogP contribution in [0.4, 0.5) is 36.4 Å². The number of benzene rings is 2. The molecule has 0 aliphatic rings. The monoisotopic (exact) mass is 540 g/mol. The average molecular weight is 540 g/mol. The normalized spacial score (nSPS) is 13.7. The lowest BCUT2D eigenvalue weighted by atomic mass is 9.84. The van der Waals surface area contributed by atoms with Crippen LogP contribution in [0.15, 0.2) is 67.1 Å². The third-order valence-electron chi connectivity index (χ3n) is 5.50. The number of pyridine rings is 1. The second kappa shape index (κ2) is 9.81. The fourth-order valence-electron chi connectivity index (χ4n) is 3.58. The minimum atomic E-state index is -5.08. The van der Waals surface area contributed by atoms with Crippen LogP contribution >= 0.6 is 0 Å². The number of aliphatic hydroxyl groups is 1. The van der Waals surface area contributed by atoms with E-state index in [0.29, 0.717) is 23.8 Å². The summed E-state index contributed by atoms with van der Waals surface area (Å²) in [4.78, 5) is 14.8. The van der Waals surface area contributed by atoms with Gasteiger partial charge in [-0.25, -0.2) is 13.5 Å². The van der Waals surface area contributed by atoms with Crippen molar-refractivity contribution in [3.63, 3.8) is 0 Å². The number of carbonyl (C=O) groups excluding carboxylic acids is 1. The van der Waals surface area contributed by atoms with Crippen LogP contribution in [0.5, 0.6) is 0 Å². The van der Waals surface area contributed by atoms with E-state index in [1.165, 1.54) is 30.3 Å². The highest BCUT2D eigenvalue weighted by Crippen LogP contribution is 2.46. The summed E-state index contributed by atoms with van der Waals surface area (Å²) in [5, 5.41) is 22.9. The fraction of sp³-hybridized carbons (Fsp3) is 0.174. The van der Waals surface area contributed by atoms with Crippen LogP contribution in [0.2, 0.25) is 0 Å². The maximum absolute atomic E-state index is 15.8. The molecule has 0 bridgehead atoms. The van der Waals surface area contributed by atoms with E-state index in [1.807, 2.05) is 0 Å². The van der Waals surface area contributed by atoms with Gasteiger partial charge in [-0.1, -0.05) is 18.2 Å². The van der Waals surface area contributed by atoms with Gasteiger partial charge in [0.1, 0.15) is 23.7 Å². The maximum Gasteiger partial charge on any atom is 0.471 e.